The minimum Gasteiger partial charge on any atom is -0.504 e. The van der Waals surface area contributed by atoms with Crippen molar-refractivity contribution in [2.75, 3.05) is 27.4 Å². The van der Waals surface area contributed by atoms with Gasteiger partial charge >= 0.3 is 62.4 Å². The number of phenolic OH excluding ortho intramolecular Hbond substituents is 4. The van der Waals surface area contributed by atoms with E-state index in [9.17, 15) is 19.8 Å². The Morgan fingerprint density at radius 3 is 1.42 bits per heavy atom. The van der Waals surface area contributed by atoms with Gasteiger partial charge in [0, 0.05) is 62.4 Å². The fraction of sp³-hybridized carbons (Fsp3) is 0.167. The summed E-state index contributed by atoms with van der Waals surface area (Å²) in [6.07, 6.45) is 6.59. The topological polar surface area (TPSA) is 183 Å². The average molecular weight is 1410 g/mol. The molecule has 0 saturated heterocycles. The van der Waals surface area contributed by atoms with Crippen molar-refractivity contribution in [3.05, 3.63) is 119 Å². The van der Waals surface area contributed by atoms with Gasteiger partial charge in [0.1, 0.15) is 11.5 Å². The normalized spacial score (nSPS) is 9.72. The maximum absolute atomic E-state index is 11.6. The van der Waals surface area contributed by atoms with Crippen LogP contribution in [0.5, 0.6) is 34.5 Å². The second-order valence-corrected chi connectivity index (χ2v) is 25.9. The molecule has 53 heavy (non-hydrogen) atoms. The van der Waals surface area contributed by atoms with Gasteiger partial charge in [-0.2, -0.15) is 0 Å². The van der Waals surface area contributed by atoms with Crippen molar-refractivity contribution in [3.8, 4) is 34.5 Å². The molecule has 0 heterocycles. The van der Waals surface area contributed by atoms with Crippen molar-refractivity contribution in [2.24, 2.45) is 0 Å². The zero-order valence-electron chi connectivity index (χ0n) is 28.2. The van der Waals surface area contributed by atoms with E-state index < -0.39 is 11.9 Å². The molecule has 0 radical (unpaired) electrons. The molecule has 0 aliphatic carbocycles. The van der Waals surface area contributed by atoms with Crippen molar-refractivity contribution < 1.29 is 67.7 Å². The minimum absolute atomic E-state index is 0. The molecule has 0 aromatic heterocycles. The first-order chi connectivity index (χ1) is 24.9. The fourth-order valence-corrected chi connectivity index (χ4v) is 3.66. The Labute approximate surface area is 379 Å². The van der Waals surface area contributed by atoms with Gasteiger partial charge in [-0.15, -0.1) is 24.0 Å². The molecule has 0 aliphatic heterocycles. The van der Waals surface area contributed by atoms with E-state index in [1.807, 2.05) is 24.3 Å². The minimum atomic E-state index is -0.948. The third kappa shape index (κ3) is 26.0. The molecule has 0 atom stereocenters. The van der Waals surface area contributed by atoms with Crippen LogP contribution in [0.25, 0.3) is 12.2 Å². The number of hydrogen-bond donors (Lipinski definition) is 6. The smallest absolute Gasteiger partial charge is 0.157 e. The number of rotatable bonds is 11. The first-order valence-corrected chi connectivity index (χ1v) is 33.5. The first kappa shape index (κ1) is 53.5. The Morgan fingerprint density at radius 2 is 1.06 bits per heavy atom. The van der Waals surface area contributed by atoms with Crippen LogP contribution in [0.3, 0.4) is 0 Å². The van der Waals surface area contributed by atoms with Crippen LogP contribution in [-0.2, 0) is 27.2 Å². The molecule has 0 saturated carbocycles. The molecular weight excluding hydrogens is 1370 g/mol. The maximum atomic E-state index is 11.6. The summed E-state index contributed by atoms with van der Waals surface area (Å²) in [5, 5.41) is 53.4. The number of carboxylic acids is 1. The molecule has 4 rings (SSSR count). The van der Waals surface area contributed by atoms with Crippen LogP contribution in [0.2, 0.25) is 0 Å². The summed E-state index contributed by atoms with van der Waals surface area (Å²) in [6.45, 7) is 0.236. The molecule has 0 fully saturated rings. The zero-order chi connectivity index (χ0) is 39.3. The van der Waals surface area contributed by atoms with Gasteiger partial charge < -0.3 is 44.8 Å². The number of esters is 1. The molecule has 0 aliphatic rings. The first-order valence-electron chi connectivity index (χ1n) is 14.6. The van der Waals surface area contributed by atoms with Gasteiger partial charge in [-0.25, -0.2) is 9.59 Å². The third-order valence-corrected chi connectivity index (χ3v) is 6.18. The molecular formula is C36H39I6O11-. The quantitative estimate of drug-likeness (QED) is 0.0418. The van der Waals surface area contributed by atoms with Crippen molar-refractivity contribution in [2.45, 2.75) is 12.8 Å². The molecule has 4 aromatic rings. The number of ether oxygens (including phenoxy) is 3. The van der Waals surface area contributed by atoms with Crippen molar-refractivity contribution in [1.29, 1.82) is 0 Å². The van der Waals surface area contributed by atoms with Gasteiger partial charge in [0.15, 0.2) is 23.0 Å². The number of halogens is 6. The summed E-state index contributed by atoms with van der Waals surface area (Å²) in [5.74, 6) is -0.516. The van der Waals surface area contributed by atoms with Crippen LogP contribution < -0.4 is 22.7 Å². The molecule has 0 spiro atoms. The summed E-state index contributed by atoms with van der Waals surface area (Å²) in [4.78, 5) is 21.8. The average Bonchev–Trinajstić information content (AvgIpc) is 3.15. The van der Waals surface area contributed by atoms with E-state index in [1.165, 1.54) is 36.4 Å². The Hall–Kier alpha value is -1.56. The predicted octanol–water partition coefficient (Wildman–Crippen LogP) is 6.50. The second kappa shape index (κ2) is 33.8. The number of carbonyl (C=O) groups excluding carboxylic acids is 1. The van der Waals surface area contributed by atoms with Crippen LogP contribution in [0.4, 0.5) is 0 Å². The van der Waals surface area contributed by atoms with E-state index in [-0.39, 0.29) is 60.2 Å². The van der Waals surface area contributed by atoms with Gasteiger partial charge in [-0.05, 0) is 89.4 Å². The summed E-state index contributed by atoms with van der Waals surface area (Å²) >= 11 is 9.54. The number of carbonyl (C=O) groups is 2. The number of carboxylic acid groups (broad SMARTS) is 1. The maximum Gasteiger partial charge on any atom is 0.157 e. The molecule has 0 bridgehead atoms. The molecule has 4 aromatic carbocycles. The summed E-state index contributed by atoms with van der Waals surface area (Å²) < 4.78 is 15.1. The standard InChI is InChI=1S/C18H18O5.C10H10O3.C8H10O3.I3.I2.HI/c1-22-15-6-2-13(3-7-15)5-9-18(21)23-11-10-14-4-8-16(19)17(20)12-14;1-13-9-5-2-8(3-6-9)4-7-10(11)12;9-4-3-6-1-2-7(10)8(11)5-6;1-3-2;1-2;/h2-9,12,19-20H,10-11H2,1H3;2-7H,1H3,(H,11,12);1-2,5,9-11H,3-4H2;;;1H/q;;;-1;;/b9-5+;7-4+;;;;. The number of benzene rings is 4. The van der Waals surface area contributed by atoms with Crippen LogP contribution in [-0.4, -0.2) is 70.0 Å². The van der Waals surface area contributed by atoms with Crippen LogP contribution in [0, 0.1) is 0 Å². The number of aromatic hydroxyl groups is 4. The van der Waals surface area contributed by atoms with Crippen molar-refractivity contribution in [3.63, 3.8) is 0 Å². The largest absolute Gasteiger partial charge is 0.504 e. The molecule has 17 heteroatoms. The van der Waals surface area contributed by atoms with Gasteiger partial charge in [-0.1, -0.05) is 36.4 Å². The van der Waals surface area contributed by atoms with E-state index in [0.29, 0.717) is 26.1 Å². The number of hydrogen-bond acceptors (Lipinski definition) is 10. The van der Waals surface area contributed by atoms with Crippen LogP contribution in [0.1, 0.15) is 22.3 Å². The van der Waals surface area contributed by atoms with Gasteiger partial charge in [0.25, 0.3) is 0 Å². The summed E-state index contributed by atoms with van der Waals surface area (Å²) in [5.41, 5.74) is 3.28. The van der Waals surface area contributed by atoms with Crippen LogP contribution >= 0.6 is 98.4 Å². The van der Waals surface area contributed by atoms with E-state index in [2.05, 4.69) is 74.5 Å². The van der Waals surface area contributed by atoms with Crippen molar-refractivity contribution in [1.82, 2.24) is 0 Å². The summed E-state index contributed by atoms with van der Waals surface area (Å²) in [7, 11) is 3.18. The molecule has 0 amide bonds. The predicted molar refractivity (Wildman–Crippen MR) is 248 cm³/mol. The van der Waals surface area contributed by atoms with Crippen LogP contribution in [0.15, 0.2) is 97.1 Å². The van der Waals surface area contributed by atoms with E-state index in [0.717, 1.165) is 39.8 Å². The molecule has 292 valence electrons. The van der Waals surface area contributed by atoms with E-state index in [4.69, 9.17) is 34.6 Å². The van der Waals surface area contributed by atoms with Crippen molar-refractivity contribution >= 4 is 123 Å². The Balaban J connectivity index is 0. The fourth-order valence-electron chi connectivity index (χ4n) is 3.66. The van der Waals surface area contributed by atoms with Gasteiger partial charge in [0.2, 0.25) is 0 Å². The number of phenols is 4. The number of aliphatic carboxylic acids is 1. The Morgan fingerprint density at radius 1 is 0.660 bits per heavy atom. The molecule has 0 unspecified atom stereocenters. The van der Waals surface area contributed by atoms with Gasteiger partial charge in [0.05, 0.1) is 20.8 Å². The SMILES string of the molecule is COc1ccc(/C=C/C(=O)O)cc1.COc1ccc(/C=C/C(=O)OCCc2ccc(O)c(O)c2)cc1.I.II.I[I-]I.OCCc1ccc(O)c(O)c1. The number of methoxy groups -OCH3 is 2. The monoisotopic (exact) mass is 1410 g/mol. The Kier molecular flexibility index (Phi) is 34.1. The molecule has 6 N–H and O–H groups in total. The van der Waals surface area contributed by atoms with E-state index in [1.54, 1.807) is 56.7 Å². The number of aliphatic hydroxyl groups is 1. The zero-order valence-corrected chi connectivity index (χ0v) is 41.4. The summed E-state index contributed by atoms with van der Waals surface area (Å²) in [6, 6.07) is 23.4. The Bertz CT molecular complexity index is 1650. The number of aliphatic hydroxyl groups excluding tert-OH is 1. The van der Waals surface area contributed by atoms with Gasteiger partial charge in [-0.3, -0.25) is 0 Å². The molecule has 11 nitrogen and oxygen atoms in total. The second-order valence-electron chi connectivity index (χ2n) is 9.64. The van der Waals surface area contributed by atoms with E-state index >= 15 is 0 Å². The third-order valence-electron chi connectivity index (χ3n) is 6.18.